The second kappa shape index (κ2) is 6.41. The lowest BCUT2D eigenvalue weighted by atomic mass is 9.68. The number of carboxylic acids is 1. The molecule has 2 rings (SSSR count). The van der Waals surface area contributed by atoms with Crippen LogP contribution in [0.15, 0.2) is 30.3 Å². The average Bonchev–Trinajstić information content (AvgIpc) is 2.37. The van der Waals surface area contributed by atoms with Crippen LogP contribution in [0.5, 0.6) is 5.75 Å². The van der Waals surface area contributed by atoms with Gasteiger partial charge in [-0.25, -0.2) is 0 Å². The van der Waals surface area contributed by atoms with E-state index in [4.69, 9.17) is 9.84 Å². The lowest BCUT2D eigenvalue weighted by Gasteiger charge is -2.35. The van der Waals surface area contributed by atoms with Crippen LogP contribution < -0.4 is 10.1 Å². The molecule has 0 bridgehead atoms. The van der Waals surface area contributed by atoms with Crippen molar-refractivity contribution in [2.75, 3.05) is 13.2 Å². The molecule has 5 heteroatoms. The zero-order chi connectivity index (χ0) is 14.4. The average molecular weight is 277 g/mol. The number of nitrogens with one attached hydrogen (secondary N) is 1. The molecule has 1 aliphatic carbocycles. The normalized spacial score (nSPS) is 16.0. The highest BCUT2D eigenvalue weighted by molar-refractivity contribution is 6.02. The minimum absolute atomic E-state index is 0.365. The highest BCUT2D eigenvalue weighted by atomic mass is 16.5. The number of hydrogen-bond acceptors (Lipinski definition) is 3. The van der Waals surface area contributed by atoms with E-state index in [1.54, 1.807) is 0 Å². The van der Waals surface area contributed by atoms with E-state index in [1.807, 2.05) is 30.3 Å². The van der Waals surface area contributed by atoms with Crippen molar-refractivity contribution in [2.45, 2.75) is 25.7 Å². The summed E-state index contributed by atoms with van der Waals surface area (Å²) in [6.45, 7) is 0.922. The first-order valence-corrected chi connectivity index (χ1v) is 6.85. The van der Waals surface area contributed by atoms with E-state index in [1.165, 1.54) is 0 Å². The van der Waals surface area contributed by atoms with Gasteiger partial charge < -0.3 is 15.2 Å². The van der Waals surface area contributed by atoms with E-state index >= 15 is 0 Å². The Balaban J connectivity index is 1.66. The van der Waals surface area contributed by atoms with Gasteiger partial charge in [-0.2, -0.15) is 0 Å². The highest BCUT2D eigenvalue weighted by Gasteiger charge is 2.50. The fourth-order valence-electron chi connectivity index (χ4n) is 2.22. The lowest BCUT2D eigenvalue weighted by molar-refractivity contribution is -0.162. The summed E-state index contributed by atoms with van der Waals surface area (Å²) in [6, 6.07) is 9.43. The number of rotatable bonds is 7. The summed E-state index contributed by atoms with van der Waals surface area (Å²) in [6.07, 6.45) is 2.33. The van der Waals surface area contributed by atoms with E-state index < -0.39 is 11.4 Å². The Kier molecular flexibility index (Phi) is 4.61. The Morgan fingerprint density at radius 1 is 1.25 bits per heavy atom. The molecule has 0 unspecified atom stereocenters. The van der Waals surface area contributed by atoms with Gasteiger partial charge in [-0.05, 0) is 31.4 Å². The lowest BCUT2D eigenvalue weighted by Crippen LogP contribution is -2.51. The molecule has 1 aromatic rings. The summed E-state index contributed by atoms with van der Waals surface area (Å²) in [5.41, 5.74) is -1.18. The number of carbonyl (C=O) groups excluding carboxylic acids is 1. The van der Waals surface area contributed by atoms with Crippen molar-refractivity contribution in [1.29, 1.82) is 0 Å². The third-order valence-electron chi connectivity index (χ3n) is 3.67. The number of aliphatic carboxylic acids is 1. The number of para-hydroxylation sites is 1. The molecule has 1 aliphatic rings. The van der Waals surface area contributed by atoms with Gasteiger partial charge in [0, 0.05) is 6.54 Å². The molecule has 20 heavy (non-hydrogen) atoms. The standard InChI is InChI=1S/C15H19NO4/c17-13(15(14(18)19)8-4-9-15)16-10-5-11-20-12-6-2-1-3-7-12/h1-3,6-7H,4-5,8-11H2,(H,16,17)(H,18,19). The maximum Gasteiger partial charge on any atom is 0.319 e. The first kappa shape index (κ1) is 14.4. The maximum atomic E-state index is 11.9. The van der Waals surface area contributed by atoms with Crippen LogP contribution in [0.3, 0.4) is 0 Å². The van der Waals surface area contributed by atoms with Gasteiger partial charge in [0.05, 0.1) is 6.61 Å². The van der Waals surface area contributed by atoms with E-state index in [2.05, 4.69) is 5.32 Å². The summed E-state index contributed by atoms with van der Waals surface area (Å²) in [5, 5.41) is 11.8. The molecule has 0 aliphatic heterocycles. The minimum Gasteiger partial charge on any atom is -0.494 e. The molecule has 0 spiro atoms. The summed E-state index contributed by atoms with van der Waals surface area (Å²) in [4.78, 5) is 23.0. The summed E-state index contributed by atoms with van der Waals surface area (Å²) < 4.78 is 5.49. The third kappa shape index (κ3) is 3.10. The molecule has 0 radical (unpaired) electrons. The van der Waals surface area contributed by atoms with Crippen molar-refractivity contribution in [3.8, 4) is 5.75 Å². The number of amides is 1. The molecule has 1 saturated carbocycles. The topological polar surface area (TPSA) is 75.6 Å². The maximum absolute atomic E-state index is 11.9. The molecule has 108 valence electrons. The van der Waals surface area contributed by atoms with E-state index in [9.17, 15) is 9.59 Å². The molecular formula is C15H19NO4. The fourth-order valence-corrected chi connectivity index (χ4v) is 2.22. The van der Waals surface area contributed by atoms with E-state index in [-0.39, 0.29) is 5.91 Å². The van der Waals surface area contributed by atoms with Gasteiger partial charge in [-0.15, -0.1) is 0 Å². The third-order valence-corrected chi connectivity index (χ3v) is 3.67. The predicted octanol–water partition coefficient (Wildman–Crippen LogP) is 1.83. The first-order valence-electron chi connectivity index (χ1n) is 6.85. The summed E-state index contributed by atoms with van der Waals surface area (Å²) in [5.74, 6) is -0.586. The van der Waals surface area contributed by atoms with Gasteiger partial charge in [0.25, 0.3) is 0 Å². The molecule has 1 aromatic carbocycles. The molecule has 0 atom stereocenters. The Morgan fingerprint density at radius 3 is 2.50 bits per heavy atom. The monoisotopic (exact) mass is 277 g/mol. The van der Waals surface area contributed by atoms with Crippen molar-refractivity contribution in [2.24, 2.45) is 5.41 Å². The largest absolute Gasteiger partial charge is 0.494 e. The predicted molar refractivity (Wildman–Crippen MR) is 73.5 cm³/mol. The van der Waals surface area contributed by atoms with Crippen LogP contribution in [0.2, 0.25) is 0 Å². The smallest absolute Gasteiger partial charge is 0.319 e. The molecular weight excluding hydrogens is 258 g/mol. The molecule has 1 fully saturated rings. The van der Waals surface area contributed by atoms with Crippen LogP contribution in [-0.2, 0) is 9.59 Å². The van der Waals surface area contributed by atoms with Crippen LogP contribution in [0.25, 0.3) is 0 Å². The fraction of sp³-hybridized carbons (Fsp3) is 0.467. The molecule has 2 N–H and O–H groups in total. The number of carbonyl (C=O) groups is 2. The SMILES string of the molecule is O=C(O)C1(C(=O)NCCCOc2ccccc2)CCC1. The molecule has 0 saturated heterocycles. The van der Waals surface area contributed by atoms with Gasteiger partial charge >= 0.3 is 5.97 Å². The second-order valence-electron chi connectivity index (χ2n) is 5.01. The van der Waals surface area contributed by atoms with Crippen LogP contribution in [0.4, 0.5) is 0 Å². The summed E-state index contributed by atoms with van der Waals surface area (Å²) in [7, 11) is 0. The molecule has 5 nitrogen and oxygen atoms in total. The van der Waals surface area contributed by atoms with Crippen molar-refractivity contribution < 1.29 is 19.4 Å². The molecule has 0 aromatic heterocycles. The quantitative estimate of drug-likeness (QED) is 0.589. The van der Waals surface area contributed by atoms with E-state index in [0.29, 0.717) is 32.4 Å². The van der Waals surface area contributed by atoms with Gasteiger partial charge in [0.2, 0.25) is 5.91 Å². The minimum atomic E-state index is -1.18. The Morgan fingerprint density at radius 2 is 1.95 bits per heavy atom. The number of carboxylic acid groups (broad SMARTS) is 1. The Labute approximate surface area is 117 Å². The Hall–Kier alpha value is -2.04. The first-order chi connectivity index (χ1) is 9.65. The highest BCUT2D eigenvalue weighted by Crippen LogP contribution is 2.41. The van der Waals surface area contributed by atoms with E-state index in [0.717, 1.165) is 12.2 Å². The number of hydrogen-bond donors (Lipinski definition) is 2. The van der Waals surface area contributed by atoms with Gasteiger partial charge in [-0.3, -0.25) is 9.59 Å². The summed E-state index contributed by atoms with van der Waals surface area (Å²) >= 11 is 0. The molecule has 1 amide bonds. The number of ether oxygens (including phenoxy) is 1. The van der Waals surface area contributed by atoms with Crippen LogP contribution >= 0.6 is 0 Å². The van der Waals surface area contributed by atoms with Crippen molar-refractivity contribution in [3.63, 3.8) is 0 Å². The zero-order valence-corrected chi connectivity index (χ0v) is 11.3. The zero-order valence-electron chi connectivity index (χ0n) is 11.3. The van der Waals surface area contributed by atoms with Crippen molar-refractivity contribution in [3.05, 3.63) is 30.3 Å². The Bertz CT molecular complexity index is 468. The second-order valence-corrected chi connectivity index (χ2v) is 5.01. The van der Waals surface area contributed by atoms with Gasteiger partial charge in [-0.1, -0.05) is 24.6 Å². The van der Waals surface area contributed by atoms with Crippen molar-refractivity contribution >= 4 is 11.9 Å². The van der Waals surface area contributed by atoms with Gasteiger partial charge in [0.15, 0.2) is 0 Å². The van der Waals surface area contributed by atoms with Crippen LogP contribution in [-0.4, -0.2) is 30.1 Å². The van der Waals surface area contributed by atoms with Crippen molar-refractivity contribution in [1.82, 2.24) is 5.32 Å². The van der Waals surface area contributed by atoms with Gasteiger partial charge in [0.1, 0.15) is 11.2 Å². The van der Waals surface area contributed by atoms with Crippen LogP contribution in [0.1, 0.15) is 25.7 Å². The van der Waals surface area contributed by atoms with Crippen LogP contribution in [0, 0.1) is 5.41 Å². The molecule has 0 heterocycles. The number of benzene rings is 1.